The summed E-state index contributed by atoms with van der Waals surface area (Å²) in [6.07, 6.45) is 6.44. The standard InChI is InChI=1S/C15H20BrN3O.ClH/c16-12-2-1-7-18-13(12)14(20)19-10-5-15(6-11-19)3-8-17-9-4-15;/h1-2,7,17H,3-6,8-11H2;1H. The van der Waals surface area contributed by atoms with Crippen LogP contribution in [0.15, 0.2) is 22.8 Å². The molecule has 116 valence electrons. The monoisotopic (exact) mass is 373 g/mol. The van der Waals surface area contributed by atoms with Gasteiger partial charge in [-0.15, -0.1) is 12.4 Å². The van der Waals surface area contributed by atoms with Crippen molar-refractivity contribution in [3.8, 4) is 0 Å². The van der Waals surface area contributed by atoms with Crippen LogP contribution in [0.4, 0.5) is 0 Å². The van der Waals surface area contributed by atoms with Crippen LogP contribution >= 0.6 is 28.3 Å². The molecule has 1 amide bonds. The van der Waals surface area contributed by atoms with Crippen LogP contribution in [-0.2, 0) is 0 Å². The first-order valence-corrected chi connectivity index (χ1v) is 8.10. The van der Waals surface area contributed by atoms with Crippen molar-refractivity contribution in [1.29, 1.82) is 0 Å². The highest BCUT2D eigenvalue weighted by atomic mass is 79.9. The first-order valence-electron chi connectivity index (χ1n) is 7.31. The van der Waals surface area contributed by atoms with Crippen LogP contribution in [0.3, 0.4) is 0 Å². The summed E-state index contributed by atoms with van der Waals surface area (Å²) in [5.41, 5.74) is 1.01. The van der Waals surface area contributed by atoms with Gasteiger partial charge in [0, 0.05) is 23.8 Å². The zero-order valence-electron chi connectivity index (χ0n) is 12.0. The molecule has 4 nitrogen and oxygen atoms in total. The van der Waals surface area contributed by atoms with Gasteiger partial charge in [-0.2, -0.15) is 0 Å². The number of hydrogen-bond acceptors (Lipinski definition) is 3. The summed E-state index contributed by atoms with van der Waals surface area (Å²) in [4.78, 5) is 18.7. The minimum absolute atomic E-state index is 0. The van der Waals surface area contributed by atoms with E-state index >= 15 is 0 Å². The molecule has 0 radical (unpaired) electrons. The Bertz CT molecular complexity index is 495. The van der Waals surface area contributed by atoms with Gasteiger partial charge in [0.05, 0.1) is 0 Å². The van der Waals surface area contributed by atoms with Crippen molar-refractivity contribution in [2.75, 3.05) is 26.2 Å². The van der Waals surface area contributed by atoms with E-state index < -0.39 is 0 Å². The Balaban J connectivity index is 0.00000161. The van der Waals surface area contributed by atoms with Crippen molar-refractivity contribution in [2.24, 2.45) is 5.41 Å². The van der Waals surface area contributed by atoms with Gasteiger partial charge in [0.2, 0.25) is 0 Å². The maximum Gasteiger partial charge on any atom is 0.273 e. The van der Waals surface area contributed by atoms with E-state index in [2.05, 4.69) is 26.2 Å². The number of nitrogens with one attached hydrogen (secondary N) is 1. The molecule has 2 saturated heterocycles. The maximum atomic E-state index is 12.5. The fourth-order valence-electron chi connectivity index (χ4n) is 3.33. The quantitative estimate of drug-likeness (QED) is 0.822. The molecule has 0 aromatic carbocycles. The summed E-state index contributed by atoms with van der Waals surface area (Å²) in [5.74, 6) is 0.0567. The summed E-state index contributed by atoms with van der Waals surface area (Å²) in [5, 5.41) is 3.43. The Morgan fingerprint density at radius 1 is 1.24 bits per heavy atom. The van der Waals surface area contributed by atoms with Crippen molar-refractivity contribution in [3.63, 3.8) is 0 Å². The van der Waals surface area contributed by atoms with Crippen LogP contribution in [0.5, 0.6) is 0 Å². The number of pyridine rings is 1. The fourth-order valence-corrected chi connectivity index (χ4v) is 3.76. The Morgan fingerprint density at radius 2 is 1.90 bits per heavy atom. The highest BCUT2D eigenvalue weighted by molar-refractivity contribution is 9.10. The van der Waals surface area contributed by atoms with Gasteiger partial charge in [0.1, 0.15) is 5.69 Å². The van der Waals surface area contributed by atoms with Gasteiger partial charge in [-0.3, -0.25) is 4.79 Å². The van der Waals surface area contributed by atoms with Crippen molar-refractivity contribution >= 4 is 34.2 Å². The third-order valence-corrected chi connectivity index (χ3v) is 5.38. The molecular weight excluding hydrogens is 354 g/mol. The number of likely N-dealkylation sites (tertiary alicyclic amines) is 1. The molecule has 0 aliphatic carbocycles. The lowest BCUT2D eigenvalue weighted by atomic mass is 9.71. The average molecular weight is 375 g/mol. The molecule has 21 heavy (non-hydrogen) atoms. The van der Waals surface area contributed by atoms with Crippen LogP contribution in [0.1, 0.15) is 36.2 Å². The fraction of sp³-hybridized carbons (Fsp3) is 0.600. The van der Waals surface area contributed by atoms with E-state index in [9.17, 15) is 4.79 Å². The van der Waals surface area contributed by atoms with E-state index in [1.54, 1.807) is 6.20 Å². The van der Waals surface area contributed by atoms with E-state index in [1.807, 2.05) is 17.0 Å². The van der Waals surface area contributed by atoms with E-state index in [-0.39, 0.29) is 18.3 Å². The lowest BCUT2D eigenvalue weighted by Crippen LogP contribution is -2.47. The smallest absolute Gasteiger partial charge is 0.273 e. The largest absolute Gasteiger partial charge is 0.337 e. The predicted octanol–water partition coefficient (Wildman–Crippen LogP) is 2.87. The zero-order valence-corrected chi connectivity index (χ0v) is 14.4. The molecule has 1 spiro atoms. The van der Waals surface area contributed by atoms with Crippen LogP contribution < -0.4 is 5.32 Å². The SMILES string of the molecule is Cl.O=C(c1ncccc1Br)N1CCC2(CCNCC2)CC1. The molecule has 6 heteroatoms. The number of carbonyl (C=O) groups excluding carboxylic acids is 1. The van der Waals surface area contributed by atoms with Crippen molar-refractivity contribution in [1.82, 2.24) is 15.2 Å². The third kappa shape index (κ3) is 3.58. The number of halogens is 2. The molecule has 1 aromatic heterocycles. The molecule has 2 fully saturated rings. The Kier molecular flexibility index (Phi) is 5.63. The lowest BCUT2D eigenvalue weighted by molar-refractivity contribution is 0.0490. The highest BCUT2D eigenvalue weighted by Crippen LogP contribution is 2.39. The van der Waals surface area contributed by atoms with Gasteiger partial charge < -0.3 is 10.2 Å². The molecule has 0 atom stereocenters. The van der Waals surface area contributed by atoms with E-state index in [0.717, 1.165) is 43.5 Å². The van der Waals surface area contributed by atoms with Gasteiger partial charge in [0.25, 0.3) is 5.91 Å². The second-order valence-electron chi connectivity index (χ2n) is 5.88. The van der Waals surface area contributed by atoms with Gasteiger partial charge in [-0.25, -0.2) is 4.98 Å². The third-order valence-electron chi connectivity index (χ3n) is 4.74. The first kappa shape index (κ1) is 16.7. The molecule has 3 heterocycles. The minimum atomic E-state index is 0. The summed E-state index contributed by atoms with van der Waals surface area (Å²) in [7, 11) is 0. The number of carbonyl (C=O) groups is 1. The van der Waals surface area contributed by atoms with Crippen LogP contribution in [0, 0.1) is 5.41 Å². The van der Waals surface area contributed by atoms with Gasteiger partial charge in [-0.05, 0) is 72.3 Å². The molecule has 0 unspecified atom stereocenters. The van der Waals surface area contributed by atoms with E-state index in [4.69, 9.17) is 0 Å². The van der Waals surface area contributed by atoms with Crippen molar-refractivity contribution in [2.45, 2.75) is 25.7 Å². The average Bonchev–Trinajstić information content (AvgIpc) is 2.49. The Hall–Kier alpha value is -0.650. The topological polar surface area (TPSA) is 45.2 Å². The maximum absolute atomic E-state index is 12.5. The number of amides is 1. The van der Waals surface area contributed by atoms with Gasteiger partial charge >= 0.3 is 0 Å². The zero-order chi connectivity index (χ0) is 14.0. The number of nitrogens with zero attached hydrogens (tertiary/aromatic N) is 2. The molecule has 1 aromatic rings. The second-order valence-corrected chi connectivity index (χ2v) is 6.73. The minimum Gasteiger partial charge on any atom is -0.337 e. The van der Waals surface area contributed by atoms with Crippen LogP contribution in [0.2, 0.25) is 0 Å². The number of rotatable bonds is 1. The number of piperidine rings is 2. The van der Waals surface area contributed by atoms with Crippen molar-refractivity contribution < 1.29 is 4.79 Å². The molecule has 2 aliphatic rings. The first-order chi connectivity index (χ1) is 9.70. The summed E-state index contributed by atoms with van der Waals surface area (Å²) in [6, 6.07) is 3.71. The number of hydrogen-bond donors (Lipinski definition) is 1. The van der Waals surface area contributed by atoms with Crippen LogP contribution in [-0.4, -0.2) is 42.0 Å². The summed E-state index contributed by atoms with van der Waals surface area (Å²) >= 11 is 3.42. The predicted molar refractivity (Wildman–Crippen MR) is 88.9 cm³/mol. The van der Waals surface area contributed by atoms with Crippen LogP contribution in [0.25, 0.3) is 0 Å². The number of aromatic nitrogens is 1. The van der Waals surface area contributed by atoms with E-state index in [0.29, 0.717) is 11.1 Å². The van der Waals surface area contributed by atoms with Crippen molar-refractivity contribution in [3.05, 3.63) is 28.5 Å². The van der Waals surface area contributed by atoms with Gasteiger partial charge in [0.15, 0.2) is 0 Å². The molecule has 3 rings (SSSR count). The summed E-state index contributed by atoms with van der Waals surface area (Å²) < 4.78 is 0.784. The normalized spacial score (nSPS) is 20.9. The molecule has 2 aliphatic heterocycles. The van der Waals surface area contributed by atoms with Gasteiger partial charge in [-0.1, -0.05) is 0 Å². The lowest BCUT2D eigenvalue weighted by Gasteiger charge is -2.44. The molecule has 0 saturated carbocycles. The molecule has 1 N–H and O–H groups in total. The summed E-state index contributed by atoms with van der Waals surface area (Å²) in [6.45, 7) is 3.98. The second kappa shape index (κ2) is 7.07. The highest BCUT2D eigenvalue weighted by Gasteiger charge is 2.37. The molecular formula is C15H21BrClN3O. The van der Waals surface area contributed by atoms with E-state index in [1.165, 1.54) is 12.8 Å². The Morgan fingerprint density at radius 3 is 2.52 bits per heavy atom. The Labute approximate surface area is 140 Å². The molecule has 0 bridgehead atoms.